The maximum atomic E-state index is 12.4. The SMILES string of the molecule is N[C@@H](CN1CCCC1=O)C(OC(=O)C(F)(F)F)C(=O)N1CCC1. The average molecular weight is 337 g/mol. The zero-order valence-corrected chi connectivity index (χ0v) is 12.3. The maximum Gasteiger partial charge on any atom is 0.490 e. The molecule has 0 radical (unpaired) electrons. The highest BCUT2D eigenvalue weighted by atomic mass is 19.4. The first-order chi connectivity index (χ1) is 10.7. The molecule has 0 aliphatic carbocycles. The molecule has 0 aromatic rings. The van der Waals surface area contributed by atoms with Crippen molar-refractivity contribution in [1.82, 2.24) is 9.80 Å². The smallest absolute Gasteiger partial charge is 0.444 e. The van der Waals surface area contributed by atoms with Crippen molar-refractivity contribution in [3.8, 4) is 0 Å². The zero-order chi connectivity index (χ0) is 17.2. The van der Waals surface area contributed by atoms with Gasteiger partial charge in [0.15, 0.2) is 6.10 Å². The van der Waals surface area contributed by atoms with Crippen LogP contribution >= 0.6 is 0 Å². The predicted molar refractivity (Wildman–Crippen MR) is 70.9 cm³/mol. The van der Waals surface area contributed by atoms with Gasteiger partial charge in [-0.15, -0.1) is 0 Å². The molecule has 130 valence electrons. The number of hydrogen-bond acceptors (Lipinski definition) is 5. The lowest BCUT2D eigenvalue weighted by Crippen LogP contribution is -2.57. The molecule has 2 atom stereocenters. The molecule has 23 heavy (non-hydrogen) atoms. The van der Waals surface area contributed by atoms with Crippen LogP contribution in [0.2, 0.25) is 0 Å². The minimum Gasteiger partial charge on any atom is -0.444 e. The van der Waals surface area contributed by atoms with Gasteiger partial charge in [0.2, 0.25) is 5.91 Å². The third-order valence-electron chi connectivity index (χ3n) is 3.87. The molecule has 2 aliphatic rings. The summed E-state index contributed by atoms with van der Waals surface area (Å²) < 4.78 is 41.5. The number of hydrogen-bond donors (Lipinski definition) is 1. The molecule has 0 saturated carbocycles. The summed E-state index contributed by atoms with van der Waals surface area (Å²) in [6, 6.07) is -1.21. The Hall–Kier alpha value is -1.84. The van der Waals surface area contributed by atoms with E-state index in [2.05, 4.69) is 4.74 Å². The number of carbonyl (C=O) groups is 3. The number of ether oxygens (including phenoxy) is 1. The van der Waals surface area contributed by atoms with Crippen molar-refractivity contribution < 1.29 is 32.3 Å². The summed E-state index contributed by atoms with van der Waals surface area (Å²) in [7, 11) is 0. The summed E-state index contributed by atoms with van der Waals surface area (Å²) in [6.45, 7) is 1.06. The van der Waals surface area contributed by atoms with Crippen LogP contribution in [0.25, 0.3) is 0 Å². The van der Waals surface area contributed by atoms with E-state index >= 15 is 0 Å². The fourth-order valence-corrected chi connectivity index (χ4v) is 2.47. The lowest BCUT2D eigenvalue weighted by Gasteiger charge is -2.36. The number of alkyl halides is 3. The van der Waals surface area contributed by atoms with Crippen molar-refractivity contribution >= 4 is 17.8 Å². The Morgan fingerprint density at radius 2 is 1.87 bits per heavy atom. The van der Waals surface area contributed by atoms with Gasteiger partial charge in [-0.1, -0.05) is 0 Å². The highest BCUT2D eigenvalue weighted by molar-refractivity contribution is 5.86. The van der Waals surface area contributed by atoms with Crippen LogP contribution in [0.3, 0.4) is 0 Å². The Bertz CT molecular complexity index is 493. The van der Waals surface area contributed by atoms with E-state index in [4.69, 9.17) is 5.73 Å². The van der Waals surface area contributed by atoms with Gasteiger partial charge in [0.25, 0.3) is 5.91 Å². The lowest BCUT2D eigenvalue weighted by molar-refractivity contribution is -0.207. The van der Waals surface area contributed by atoms with Gasteiger partial charge in [-0.3, -0.25) is 9.59 Å². The van der Waals surface area contributed by atoms with E-state index in [-0.39, 0.29) is 12.5 Å². The molecule has 0 bridgehead atoms. The maximum absolute atomic E-state index is 12.4. The monoisotopic (exact) mass is 337 g/mol. The third kappa shape index (κ3) is 4.12. The van der Waals surface area contributed by atoms with E-state index in [1.807, 2.05) is 0 Å². The normalized spacial score (nSPS) is 21.0. The Kier molecular flexibility index (Phi) is 5.12. The molecule has 10 heteroatoms. The summed E-state index contributed by atoms with van der Waals surface area (Å²) in [5, 5.41) is 0. The molecule has 2 fully saturated rings. The van der Waals surface area contributed by atoms with Crippen molar-refractivity contribution in [3.63, 3.8) is 0 Å². The van der Waals surface area contributed by atoms with Crippen LogP contribution in [0.4, 0.5) is 13.2 Å². The molecule has 2 aliphatic heterocycles. The lowest BCUT2D eigenvalue weighted by atomic mass is 10.1. The van der Waals surface area contributed by atoms with E-state index in [0.29, 0.717) is 32.5 Å². The highest BCUT2D eigenvalue weighted by Crippen LogP contribution is 2.21. The number of carbonyl (C=O) groups excluding carboxylic acids is 3. The molecule has 0 aromatic carbocycles. The fourth-order valence-electron chi connectivity index (χ4n) is 2.47. The Morgan fingerprint density at radius 3 is 2.30 bits per heavy atom. The van der Waals surface area contributed by atoms with Gasteiger partial charge >= 0.3 is 12.1 Å². The molecule has 2 N–H and O–H groups in total. The van der Waals surface area contributed by atoms with E-state index in [0.717, 1.165) is 6.42 Å². The van der Waals surface area contributed by atoms with Crippen molar-refractivity contribution in [2.75, 3.05) is 26.2 Å². The van der Waals surface area contributed by atoms with Gasteiger partial charge in [-0.25, -0.2) is 4.79 Å². The summed E-state index contributed by atoms with van der Waals surface area (Å²) in [5.41, 5.74) is 5.78. The van der Waals surface area contributed by atoms with Crippen molar-refractivity contribution in [3.05, 3.63) is 0 Å². The Morgan fingerprint density at radius 1 is 1.22 bits per heavy atom. The highest BCUT2D eigenvalue weighted by Gasteiger charge is 2.46. The molecule has 0 spiro atoms. The van der Waals surface area contributed by atoms with E-state index in [9.17, 15) is 27.6 Å². The summed E-state index contributed by atoms with van der Waals surface area (Å²) in [5.74, 6) is -3.40. The minimum absolute atomic E-state index is 0.131. The number of esters is 1. The second-order valence-corrected chi connectivity index (χ2v) is 5.61. The van der Waals surface area contributed by atoms with Gasteiger partial charge in [-0.2, -0.15) is 13.2 Å². The van der Waals surface area contributed by atoms with Crippen LogP contribution in [-0.4, -0.2) is 72.1 Å². The molecule has 2 amide bonds. The van der Waals surface area contributed by atoms with Crippen LogP contribution in [0, 0.1) is 0 Å². The third-order valence-corrected chi connectivity index (χ3v) is 3.87. The number of rotatable bonds is 5. The zero-order valence-electron chi connectivity index (χ0n) is 12.3. The Labute approximate surface area is 130 Å². The molecule has 7 nitrogen and oxygen atoms in total. The van der Waals surface area contributed by atoms with Crippen molar-refractivity contribution in [2.45, 2.75) is 37.6 Å². The predicted octanol–water partition coefficient (Wildman–Crippen LogP) is -0.357. The van der Waals surface area contributed by atoms with E-state index in [1.165, 1.54) is 9.80 Å². The van der Waals surface area contributed by atoms with Crippen molar-refractivity contribution in [2.24, 2.45) is 5.73 Å². The molecular formula is C13H18F3N3O4. The topological polar surface area (TPSA) is 92.9 Å². The standard InChI is InChI=1S/C13H18F3N3O4/c14-13(15,16)12(22)23-10(11(21)18-5-2-6-18)8(17)7-19-4-1-3-9(19)20/h8,10H,1-7,17H2/t8-,10?/m0/s1. The minimum atomic E-state index is -5.21. The summed E-state index contributed by atoms with van der Waals surface area (Å²) in [4.78, 5) is 37.5. The molecule has 0 aromatic heterocycles. The van der Waals surface area contributed by atoms with Crippen LogP contribution < -0.4 is 5.73 Å². The summed E-state index contributed by atoms with van der Waals surface area (Å²) >= 11 is 0. The first-order valence-electron chi connectivity index (χ1n) is 7.30. The number of nitrogens with two attached hydrogens (primary N) is 1. The van der Waals surface area contributed by atoms with E-state index < -0.39 is 30.2 Å². The second kappa shape index (κ2) is 6.73. The Balaban J connectivity index is 2.06. The van der Waals surface area contributed by atoms with Gasteiger partial charge in [-0.05, 0) is 12.8 Å². The number of likely N-dealkylation sites (tertiary alicyclic amines) is 2. The van der Waals surface area contributed by atoms with Crippen LogP contribution in [0.15, 0.2) is 0 Å². The van der Waals surface area contributed by atoms with Gasteiger partial charge in [0, 0.05) is 32.6 Å². The summed E-state index contributed by atoms with van der Waals surface area (Å²) in [6.07, 6.45) is -5.28. The van der Waals surface area contributed by atoms with Gasteiger partial charge < -0.3 is 20.3 Å². The number of halogens is 3. The first-order valence-corrected chi connectivity index (χ1v) is 7.30. The molecule has 2 rings (SSSR count). The second-order valence-electron chi connectivity index (χ2n) is 5.61. The first kappa shape index (κ1) is 17.5. The number of amides is 2. The van der Waals surface area contributed by atoms with Crippen LogP contribution in [0.1, 0.15) is 19.3 Å². The number of nitrogens with zero attached hydrogens (tertiary/aromatic N) is 2. The van der Waals surface area contributed by atoms with Crippen LogP contribution in [-0.2, 0) is 19.1 Å². The molecule has 2 heterocycles. The fraction of sp³-hybridized carbons (Fsp3) is 0.769. The quantitative estimate of drug-likeness (QED) is 0.692. The molecular weight excluding hydrogens is 319 g/mol. The molecule has 2 saturated heterocycles. The van der Waals surface area contributed by atoms with Gasteiger partial charge in [0.05, 0.1) is 6.04 Å². The van der Waals surface area contributed by atoms with E-state index in [1.54, 1.807) is 0 Å². The molecule has 1 unspecified atom stereocenters. The average Bonchev–Trinajstić information content (AvgIpc) is 2.77. The van der Waals surface area contributed by atoms with Crippen LogP contribution in [0.5, 0.6) is 0 Å². The van der Waals surface area contributed by atoms with Gasteiger partial charge in [0.1, 0.15) is 0 Å². The van der Waals surface area contributed by atoms with Crippen molar-refractivity contribution in [1.29, 1.82) is 0 Å². The largest absolute Gasteiger partial charge is 0.490 e.